The van der Waals surface area contributed by atoms with Crippen LogP contribution in [0.1, 0.15) is 38.1 Å². The Morgan fingerprint density at radius 2 is 1.82 bits per heavy atom. The SMILES string of the molecule is CNC(=O)c1cccc(NC(=O)COC(=O)c2c(NC(C)=O)sc(C)c2C)c1. The lowest BCUT2D eigenvalue weighted by molar-refractivity contribution is -0.119. The molecule has 3 N–H and O–H groups in total. The van der Waals surface area contributed by atoms with Crippen LogP contribution in [0.5, 0.6) is 0 Å². The minimum atomic E-state index is -0.695. The zero-order chi connectivity index (χ0) is 20.8. The van der Waals surface area contributed by atoms with Gasteiger partial charge in [0.05, 0.1) is 5.56 Å². The first-order chi connectivity index (χ1) is 13.2. The molecule has 28 heavy (non-hydrogen) atoms. The second kappa shape index (κ2) is 9.14. The summed E-state index contributed by atoms with van der Waals surface area (Å²) in [6, 6.07) is 6.37. The number of anilines is 2. The molecular formula is C19H21N3O5S. The van der Waals surface area contributed by atoms with E-state index in [2.05, 4.69) is 16.0 Å². The van der Waals surface area contributed by atoms with E-state index in [1.54, 1.807) is 25.1 Å². The Balaban J connectivity index is 2.03. The number of carbonyl (C=O) groups excluding carboxylic acids is 4. The van der Waals surface area contributed by atoms with Gasteiger partial charge in [0.1, 0.15) is 5.00 Å². The summed E-state index contributed by atoms with van der Waals surface area (Å²) in [5, 5.41) is 8.07. The van der Waals surface area contributed by atoms with E-state index in [9.17, 15) is 19.2 Å². The average Bonchev–Trinajstić information content (AvgIpc) is 2.92. The molecule has 0 spiro atoms. The van der Waals surface area contributed by atoms with Gasteiger partial charge in [0.25, 0.3) is 11.8 Å². The average molecular weight is 403 g/mol. The van der Waals surface area contributed by atoms with Crippen molar-refractivity contribution < 1.29 is 23.9 Å². The van der Waals surface area contributed by atoms with Crippen molar-refractivity contribution in [3.05, 3.63) is 45.8 Å². The summed E-state index contributed by atoms with van der Waals surface area (Å²) >= 11 is 1.27. The van der Waals surface area contributed by atoms with Crippen LogP contribution in [0, 0.1) is 13.8 Å². The van der Waals surface area contributed by atoms with E-state index >= 15 is 0 Å². The van der Waals surface area contributed by atoms with E-state index in [4.69, 9.17) is 4.74 Å². The number of hydrogen-bond donors (Lipinski definition) is 3. The quantitative estimate of drug-likeness (QED) is 0.641. The number of benzene rings is 1. The molecule has 2 rings (SSSR count). The lowest BCUT2D eigenvalue weighted by Crippen LogP contribution is -2.22. The lowest BCUT2D eigenvalue weighted by atomic mass is 10.1. The molecule has 3 amide bonds. The summed E-state index contributed by atoms with van der Waals surface area (Å²) in [6.45, 7) is 4.42. The third kappa shape index (κ3) is 5.17. The van der Waals surface area contributed by atoms with Crippen molar-refractivity contribution in [3.8, 4) is 0 Å². The van der Waals surface area contributed by atoms with Gasteiger partial charge in [-0.05, 0) is 37.6 Å². The number of rotatable bonds is 6. The minimum absolute atomic E-state index is 0.243. The minimum Gasteiger partial charge on any atom is -0.452 e. The Morgan fingerprint density at radius 3 is 2.46 bits per heavy atom. The predicted octanol–water partition coefficient (Wildman–Crippen LogP) is 2.48. The molecule has 9 heteroatoms. The number of carbonyl (C=O) groups is 4. The van der Waals surface area contributed by atoms with E-state index in [-0.39, 0.29) is 17.4 Å². The topological polar surface area (TPSA) is 114 Å². The van der Waals surface area contributed by atoms with Crippen LogP contribution in [-0.4, -0.2) is 37.3 Å². The first-order valence-electron chi connectivity index (χ1n) is 8.39. The number of hydrogen-bond acceptors (Lipinski definition) is 6. The van der Waals surface area contributed by atoms with Crippen molar-refractivity contribution in [2.75, 3.05) is 24.3 Å². The second-order valence-electron chi connectivity index (χ2n) is 5.95. The standard InChI is InChI=1S/C19H21N3O5S/c1-10-11(2)28-18(21-12(3)23)16(10)19(26)27-9-15(24)22-14-7-5-6-13(8-14)17(25)20-4/h5-8H,9H2,1-4H3,(H,20,25)(H,21,23)(H,22,24). The molecule has 1 heterocycles. The molecular weight excluding hydrogens is 382 g/mol. The van der Waals surface area contributed by atoms with E-state index in [1.807, 2.05) is 6.92 Å². The van der Waals surface area contributed by atoms with Crippen molar-refractivity contribution in [1.29, 1.82) is 0 Å². The fourth-order valence-corrected chi connectivity index (χ4v) is 3.50. The second-order valence-corrected chi connectivity index (χ2v) is 7.18. The first-order valence-corrected chi connectivity index (χ1v) is 9.21. The Bertz CT molecular complexity index is 936. The number of aryl methyl sites for hydroxylation is 1. The van der Waals surface area contributed by atoms with E-state index in [0.29, 0.717) is 21.8 Å². The molecule has 148 valence electrons. The Kier molecular flexibility index (Phi) is 6.89. The molecule has 1 aromatic heterocycles. The fraction of sp³-hybridized carbons (Fsp3) is 0.263. The number of nitrogens with one attached hydrogen (secondary N) is 3. The van der Waals surface area contributed by atoms with Crippen molar-refractivity contribution in [3.63, 3.8) is 0 Å². The smallest absolute Gasteiger partial charge is 0.341 e. The number of esters is 1. The van der Waals surface area contributed by atoms with Crippen LogP contribution in [0.4, 0.5) is 10.7 Å². The number of thiophene rings is 1. The van der Waals surface area contributed by atoms with Crippen LogP contribution < -0.4 is 16.0 Å². The summed E-state index contributed by atoms with van der Waals surface area (Å²) in [6.07, 6.45) is 0. The maximum absolute atomic E-state index is 12.4. The van der Waals surface area contributed by atoms with Gasteiger partial charge >= 0.3 is 5.97 Å². The van der Waals surface area contributed by atoms with E-state index < -0.39 is 18.5 Å². The van der Waals surface area contributed by atoms with Gasteiger partial charge in [-0.3, -0.25) is 14.4 Å². The maximum atomic E-state index is 12.4. The molecule has 0 aliphatic rings. The first kappa shape index (κ1) is 21.1. The van der Waals surface area contributed by atoms with Crippen LogP contribution in [-0.2, 0) is 14.3 Å². The Labute approximate surface area is 166 Å². The highest BCUT2D eigenvalue weighted by atomic mass is 32.1. The highest BCUT2D eigenvalue weighted by Crippen LogP contribution is 2.32. The largest absolute Gasteiger partial charge is 0.452 e. The van der Waals surface area contributed by atoms with Crippen molar-refractivity contribution >= 4 is 45.7 Å². The van der Waals surface area contributed by atoms with Gasteiger partial charge in [0, 0.05) is 30.1 Å². The summed E-state index contributed by atoms with van der Waals surface area (Å²) in [4.78, 5) is 48.4. The lowest BCUT2D eigenvalue weighted by Gasteiger charge is -2.09. The molecule has 0 aliphatic carbocycles. The summed E-state index contributed by atoms with van der Waals surface area (Å²) in [7, 11) is 1.51. The van der Waals surface area contributed by atoms with Crippen molar-refractivity contribution in [2.45, 2.75) is 20.8 Å². The van der Waals surface area contributed by atoms with E-state index in [0.717, 1.165) is 4.88 Å². The van der Waals surface area contributed by atoms with Gasteiger partial charge in [0.2, 0.25) is 5.91 Å². The van der Waals surface area contributed by atoms with Gasteiger partial charge in [-0.25, -0.2) is 4.79 Å². The molecule has 2 aromatic rings. The molecule has 1 aromatic carbocycles. The third-order valence-electron chi connectivity index (χ3n) is 3.85. The molecule has 0 fully saturated rings. The third-order valence-corrected chi connectivity index (χ3v) is 4.97. The normalized spacial score (nSPS) is 10.1. The predicted molar refractivity (Wildman–Crippen MR) is 107 cm³/mol. The van der Waals surface area contributed by atoms with Crippen molar-refractivity contribution in [1.82, 2.24) is 5.32 Å². The molecule has 0 saturated carbocycles. The summed E-state index contributed by atoms with van der Waals surface area (Å²) < 4.78 is 5.10. The van der Waals surface area contributed by atoms with Crippen LogP contribution in [0.2, 0.25) is 0 Å². The molecule has 0 radical (unpaired) electrons. The zero-order valence-corrected chi connectivity index (χ0v) is 16.8. The van der Waals surface area contributed by atoms with Gasteiger partial charge < -0.3 is 20.7 Å². The van der Waals surface area contributed by atoms with Crippen molar-refractivity contribution in [2.24, 2.45) is 0 Å². The van der Waals surface area contributed by atoms with Gasteiger partial charge in [-0.15, -0.1) is 11.3 Å². The number of amides is 3. The number of ether oxygens (including phenoxy) is 1. The molecule has 0 bridgehead atoms. The fourth-order valence-electron chi connectivity index (χ4n) is 2.40. The Hall–Kier alpha value is -3.20. The maximum Gasteiger partial charge on any atom is 0.341 e. The van der Waals surface area contributed by atoms with Gasteiger partial charge in [-0.2, -0.15) is 0 Å². The molecule has 0 aliphatic heterocycles. The monoisotopic (exact) mass is 403 g/mol. The van der Waals surface area contributed by atoms with Crippen LogP contribution in [0.3, 0.4) is 0 Å². The highest BCUT2D eigenvalue weighted by Gasteiger charge is 2.22. The highest BCUT2D eigenvalue weighted by molar-refractivity contribution is 7.16. The van der Waals surface area contributed by atoms with Crippen LogP contribution in [0.25, 0.3) is 0 Å². The zero-order valence-electron chi connectivity index (χ0n) is 16.0. The summed E-state index contributed by atoms with van der Waals surface area (Å²) in [5.74, 6) is -1.83. The Morgan fingerprint density at radius 1 is 1.11 bits per heavy atom. The van der Waals surface area contributed by atoms with E-state index in [1.165, 1.54) is 31.4 Å². The molecule has 0 unspecified atom stereocenters. The van der Waals surface area contributed by atoms with Gasteiger partial charge in [-0.1, -0.05) is 6.07 Å². The molecule has 0 atom stereocenters. The summed E-state index contributed by atoms with van der Waals surface area (Å²) in [5.41, 5.74) is 1.73. The van der Waals surface area contributed by atoms with Crippen LogP contribution >= 0.6 is 11.3 Å². The van der Waals surface area contributed by atoms with Crippen LogP contribution in [0.15, 0.2) is 24.3 Å². The van der Waals surface area contributed by atoms with Gasteiger partial charge in [0.15, 0.2) is 6.61 Å². The molecule has 0 saturated heterocycles. The molecule has 8 nitrogen and oxygen atoms in total.